The van der Waals surface area contributed by atoms with Crippen molar-refractivity contribution in [1.82, 2.24) is 0 Å². The third-order valence-corrected chi connectivity index (χ3v) is 2.38. The average Bonchev–Trinajstić information content (AvgIpc) is 2.02. The maximum atomic E-state index is 2.28. The summed E-state index contributed by atoms with van der Waals surface area (Å²) in [4.78, 5) is 0. The van der Waals surface area contributed by atoms with Crippen LogP contribution in [-0.2, 0) is 6.42 Å². The zero-order valence-corrected chi connectivity index (χ0v) is 10.1. The maximum absolute atomic E-state index is 2.28. The molecule has 1 rings (SSSR count). The highest BCUT2D eigenvalue weighted by atomic mass is 14.2. The topological polar surface area (TPSA) is 0 Å². The summed E-state index contributed by atoms with van der Waals surface area (Å²) in [5.74, 6) is 0.638. The average molecular weight is 190 g/mol. The number of benzene rings is 1. The molecule has 0 saturated heterocycles. The van der Waals surface area contributed by atoms with Crippen LogP contribution in [0.2, 0.25) is 0 Å². The van der Waals surface area contributed by atoms with Gasteiger partial charge >= 0.3 is 0 Å². The molecule has 0 aliphatic rings. The molecule has 1 aromatic carbocycles. The first-order chi connectivity index (χ1) is 6.38. The largest absolute Gasteiger partial charge is 0.0599 e. The first-order valence-electron chi connectivity index (χ1n) is 5.47. The molecular weight excluding hydrogens is 168 g/mol. The lowest BCUT2D eigenvalue weighted by Crippen LogP contribution is -2.08. The van der Waals surface area contributed by atoms with E-state index in [1.54, 1.807) is 0 Å². The summed E-state index contributed by atoms with van der Waals surface area (Å²) >= 11 is 0. The van der Waals surface area contributed by atoms with E-state index >= 15 is 0 Å². The Morgan fingerprint density at radius 2 is 1.50 bits per heavy atom. The third-order valence-electron chi connectivity index (χ3n) is 2.38. The van der Waals surface area contributed by atoms with Crippen molar-refractivity contribution in [2.75, 3.05) is 0 Å². The highest BCUT2D eigenvalue weighted by Crippen LogP contribution is 2.22. The minimum absolute atomic E-state index is 0.388. The molecule has 1 aromatic rings. The molecule has 0 aliphatic carbocycles. The lowest BCUT2D eigenvalue weighted by atomic mass is 9.87. The molecule has 14 heavy (non-hydrogen) atoms. The summed E-state index contributed by atoms with van der Waals surface area (Å²) in [6.45, 7) is 11.3. The van der Waals surface area contributed by atoms with E-state index in [-0.39, 0.29) is 0 Å². The van der Waals surface area contributed by atoms with Crippen LogP contribution in [0.4, 0.5) is 0 Å². The molecule has 0 saturated carbocycles. The van der Waals surface area contributed by atoms with E-state index in [2.05, 4.69) is 58.9 Å². The molecule has 0 aromatic heterocycles. The molecule has 0 N–H and O–H groups in total. The van der Waals surface area contributed by atoms with E-state index < -0.39 is 0 Å². The van der Waals surface area contributed by atoms with Crippen molar-refractivity contribution in [3.8, 4) is 0 Å². The molecule has 0 amide bonds. The second-order valence-corrected chi connectivity index (χ2v) is 5.63. The van der Waals surface area contributed by atoms with E-state index in [1.807, 2.05) is 0 Å². The van der Waals surface area contributed by atoms with Crippen LogP contribution in [0.5, 0.6) is 0 Å². The van der Waals surface area contributed by atoms with Crippen LogP contribution in [0.3, 0.4) is 0 Å². The number of hydrogen-bond donors (Lipinski definition) is 0. The van der Waals surface area contributed by atoms with E-state index in [0.717, 1.165) is 6.42 Å². The van der Waals surface area contributed by atoms with E-state index in [1.165, 1.54) is 11.1 Å². The van der Waals surface area contributed by atoms with Crippen LogP contribution in [0, 0.1) is 5.41 Å². The normalized spacial score (nSPS) is 12.1. The summed E-state index contributed by atoms with van der Waals surface area (Å²) in [7, 11) is 0. The molecular formula is C14H22. The number of hydrogen-bond acceptors (Lipinski definition) is 0. The van der Waals surface area contributed by atoms with E-state index in [4.69, 9.17) is 0 Å². The molecule has 0 radical (unpaired) electrons. The Morgan fingerprint density at radius 1 is 1.00 bits per heavy atom. The van der Waals surface area contributed by atoms with Gasteiger partial charge in [-0.25, -0.2) is 0 Å². The van der Waals surface area contributed by atoms with Crippen LogP contribution in [-0.4, -0.2) is 0 Å². The predicted octanol–water partition coefficient (Wildman–Crippen LogP) is 4.40. The summed E-state index contributed by atoms with van der Waals surface area (Å²) < 4.78 is 0. The van der Waals surface area contributed by atoms with Crippen molar-refractivity contribution >= 4 is 0 Å². The first-order valence-corrected chi connectivity index (χ1v) is 5.47. The summed E-state index contributed by atoms with van der Waals surface area (Å²) in [6, 6.07) is 9.04. The van der Waals surface area contributed by atoms with Gasteiger partial charge < -0.3 is 0 Å². The van der Waals surface area contributed by atoms with Gasteiger partial charge in [0.05, 0.1) is 0 Å². The Kier molecular flexibility index (Phi) is 3.36. The van der Waals surface area contributed by atoms with Gasteiger partial charge in [0.15, 0.2) is 0 Å². The fourth-order valence-electron chi connectivity index (χ4n) is 1.63. The Hall–Kier alpha value is -0.780. The van der Waals surface area contributed by atoms with Crippen LogP contribution < -0.4 is 0 Å². The van der Waals surface area contributed by atoms with Crippen LogP contribution in [0.15, 0.2) is 24.3 Å². The van der Waals surface area contributed by atoms with Crippen LogP contribution in [0.25, 0.3) is 0 Å². The van der Waals surface area contributed by atoms with Gasteiger partial charge in [0.1, 0.15) is 0 Å². The standard InChI is InChI=1S/C14H22/c1-11(2)13-8-6-12(7-9-13)10-14(3,4)5/h6-9,11H,10H2,1-5H3. The van der Waals surface area contributed by atoms with Gasteiger partial charge in [-0.3, -0.25) is 0 Å². The second kappa shape index (κ2) is 4.16. The quantitative estimate of drug-likeness (QED) is 0.648. The van der Waals surface area contributed by atoms with Gasteiger partial charge in [-0.15, -0.1) is 0 Å². The van der Waals surface area contributed by atoms with Crippen LogP contribution >= 0.6 is 0 Å². The minimum atomic E-state index is 0.388. The number of rotatable bonds is 2. The Bertz CT molecular complexity index is 272. The second-order valence-electron chi connectivity index (χ2n) is 5.63. The zero-order valence-electron chi connectivity index (χ0n) is 10.1. The summed E-state index contributed by atoms with van der Waals surface area (Å²) in [6.07, 6.45) is 1.16. The van der Waals surface area contributed by atoms with Gasteiger partial charge in [-0.1, -0.05) is 58.9 Å². The maximum Gasteiger partial charge on any atom is -0.0219 e. The van der Waals surface area contributed by atoms with Crippen molar-refractivity contribution in [2.24, 2.45) is 5.41 Å². The zero-order chi connectivity index (χ0) is 10.8. The van der Waals surface area contributed by atoms with Crippen molar-refractivity contribution in [1.29, 1.82) is 0 Å². The molecule has 0 unspecified atom stereocenters. The summed E-state index contributed by atoms with van der Waals surface area (Å²) in [5.41, 5.74) is 3.27. The molecule has 0 aliphatic heterocycles. The molecule has 0 nitrogen and oxygen atoms in total. The van der Waals surface area contributed by atoms with Crippen molar-refractivity contribution in [3.05, 3.63) is 35.4 Å². The molecule has 78 valence electrons. The Balaban J connectivity index is 2.74. The van der Waals surface area contributed by atoms with Crippen molar-refractivity contribution in [3.63, 3.8) is 0 Å². The first kappa shape index (κ1) is 11.3. The van der Waals surface area contributed by atoms with Gasteiger partial charge in [-0.05, 0) is 28.9 Å². The Morgan fingerprint density at radius 3 is 1.86 bits per heavy atom. The lowest BCUT2D eigenvalue weighted by Gasteiger charge is -2.18. The SMILES string of the molecule is CC(C)c1ccc(CC(C)(C)C)cc1. The van der Waals surface area contributed by atoms with Gasteiger partial charge in [0.2, 0.25) is 0 Å². The minimum Gasteiger partial charge on any atom is -0.0599 e. The molecule has 0 atom stereocenters. The smallest absolute Gasteiger partial charge is 0.0219 e. The molecule has 0 fully saturated rings. The van der Waals surface area contributed by atoms with E-state index in [9.17, 15) is 0 Å². The third kappa shape index (κ3) is 3.53. The fourth-order valence-corrected chi connectivity index (χ4v) is 1.63. The van der Waals surface area contributed by atoms with Gasteiger partial charge in [-0.2, -0.15) is 0 Å². The molecule has 0 bridgehead atoms. The molecule has 0 heteroatoms. The predicted molar refractivity (Wildman–Crippen MR) is 63.7 cm³/mol. The van der Waals surface area contributed by atoms with Crippen LogP contribution in [0.1, 0.15) is 51.7 Å². The van der Waals surface area contributed by atoms with Gasteiger partial charge in [0.25, 0.3) is 0 Å². The highest BCUT2D eigenvalue weighted by Gasteiger charge is 2.10. The van der Waals surface area contributed by atoms with Crippen molar-refractivity contribution < 1.29 is 0 Å². The van der Waals surface area contributed by atoms with Gasteiger partial charge in [0, 0.05) is 0 Å². The summed E-state index contributed by atoms with van der Waals surface area (Å²) in [5, 5.41) is 0. The Labute approximate surface area is 88.4 Å². The lowest BCUT2D eigenvalue weighted by molar-refractivity contribution is 0.411. The highest BCUT2D eigenvalue weighted by molar-refractivity contribution is 5.25. The van der Waals surface area contributed by atoms with Crippen molar-refractivity contribution in [2.45, 2.75) is 47.0 Å². The molecule has 0 heterocycles. The monoisotopic (exact) mass is 190 g/mol. The fraction of sp³-hybridized carbons (Fsp3) is 0.571. The van der Waals surface area contributed by atoms with E-state index in [0.29, 0.717) is 11.3 Å². The molecule has 0 spiro atoms.